The SMILES string of the molecule is COCCCN(C)Cc1ccc2nsnc2c1. The molecule has 0 fully saturated rings. The van der Waals surface area contributed by atoms with Gasteiger partial charge in [-0.1, -0.05) is 6.07 Å². The van der Waals surface area contributed by atoms with Crippen LogP contribution in [0.15, 0.2) is 18.2 Å². The van der Waals surface area contributed by atoms with E-state index in [9.17, 15) is 0 Å². The first-order chi connectivity index (χ1) is 8.29. The molecule has 0 amide bonds. The van der Waals surface area contributed by atoms with Gasteiger partial charge in [0, 0.05) is 26.8 Å². The highest BCUT2D eigenvalue weighted by molar-refractivity contribution is 7.00. The normalized spacial score (nSPS) is 11.5. The number of nitrogens with zero attached hydrogens (tertiary/aromatic N) is 3. The zero-order valence-corrected chi connectivity index (χ0v) is 11.0. The predicted octanol–water partition coefficient (Wildman–Crippen LogP) is 2.16. The number of benzene rings is 1. The van der Waals surface area contributed by atoms with Crippen molar-refractivity contribution in [3.05, 3.63) is 23.8 Å². The first-order valence-electron chi connectivity index (χ1n) is 5.68. The Morgan fingerprint density at radius 2 is 2.12 bits per heavy atom. The van der Waals surface area contributed by atoms with Crippen molar-refractivity contribution in [2.75, 3.05) is 27.3 Å². The number of ether oxygens (including phenoxy) is 1. The maximum Gasteiger partial charge on any atom is 0.105 e. The highest BCUT2D eigenvalue weighted by Gasteiger charge is 2.03. The second-order valence-electron chi connectivity index (χ2n) is 4.17. The van der Waals surface area contributed by atoms with Crippen molar-refractivity contribution in [1.29, 1.82) is 0 Å². The highest BCUT2D eigenvalue weighted by Crippen LogP contribution is 2.14. The second-order valence-corrected chi connectivity index (χ2v) is 4.70. The van der Waals surface area contributed by atoms with E-state index in [2.05, 4.69) is 32.8 Å². The Balaban J connectivity index is 1.93. The standard InChI is InChI=1S/C12H17N3OS/c1-15(6-3-7-16-2)9-10-4-5-11-12(8-10)14-17-13-11/h4-5,8H,3,6-7,9H2,1-2H3. The maximum absolute atomic E-state index is 5.05. The third-order valence-corrected chi connectivity index (χ3v) is 3.22. The Morgan fingerprint density at radius 3 is 2.94 bits per heavy atom. The average Bonchev–Trinajstić information content (AvgIpc) is 2.76. The Morgan fingerprint density at radius 1 is 1.29 bits per heavy atom. The van der Waals surface area contributed by atoms with Crippen LogP contribution in [0.4, 0.5) is 0 Å². The van der Waals surface area contributed by atoms with E-state index < -0.39 is 0 Å². The zero-order valence-electron chi connectivity index (χ0n) is 10.2. The van der Waals surface area contributed by atoms with E-state index in [0.717, 1.165) is 37.2 Å². The molecule has 5 heteroatoms. The number of aromatic nitrogens is 2. The highest BCUT2D eigenvalue weighted by atomic mass is 32.1. The molecule has 92 valence electrons. The lowest BCUT2D eigenvalue weighted by Gasteiger charge is -2.16. The number of rotatable bonds is 6. The van der Waals surface area contributed by atoms with Crippen LogP contribution in [0, 0.1) is 0 Å². The number of methoxy groups -OCH3 is 1. The van der Waals surface area contributed by atoms with E-state index in [0.29, 0.717) is 0 Å². The van der Waals surface area contributed by atoms with Gasteiger partial charge in [0.25, 0.3) is 0 Å². The second kappa shape index (κ2) is 6.05. The van der Waals surface area contributed by atoms with Crippen LogP contribution in [0.2, 0.25) is 0 Å². The maximum atomic E-state index is 5.05. The summed E-state index contributed by atoms with van der Waals surface area (Å²) in [5.74, 6) is 0. The van der Waals surface area contributed by atoms with E-state index >= 15 is 0 Å². The van der Waals surface area contributed by atoms with Gasteiger partial charge in [0.1, 0.15) is 11.0 Å². The van der Waals surface area contributed by atoms with Crippen LogP contribution in [0.25, 0.3) is 11.0 Å². The molecule has 2 aromatic rings. The fourth-order valence-electron chi connectivity index (χ4n) is 1.80. The van der Waals surface area contributed by atoms with Crippen molar-refractivity contribution in [3.8, 4) is 0 Å². The van der Waals surface area contributed by atoms with Gasteiger partial charge in [0.05, 0.1) is 11.7 Å². The van der Waals surface area contributed by atoms with Gasteiger partial charge in [-0.3, -0.25) is 0 Å². The van der Waals surface area contributed by atoms with E-state index in [1.54, 1.807) is 7.11 Å². The summed E-state index contributed by atoms with van der Waals surface area (Å²) in [6, 6.07) is 6.28. The fourth-order valence-corrected chi connectivity index (χ4v) is 2.31. The van der Waals surface area contributed by atoms with Crippen molar-refractivity contribution in [2.24, 2.45) is 0 Å². The van der Waals surface area contributed by atoms with Crippen molar-refractivity contribution in [3.63, 3.8) is 0 Å². The molecular weight excluding hydrogens is 234 g/mol. The average molecular weight is 251 g/mol. The summed E-state index contributed by atoms with van der Waals surface area (Å²) in [4.78, 5) is 2.29. The Hall–Kier alpha value is -1.04. The summed E-state index contributed by atoms with van der Waals surface area (Å²) >= 11 is 1.27. The van der Waals surface area contributed by atoms with E-state index in [1.807, 2.05) is 6.07 Å². The summed E-state index contributed by atoms with van der Waals surface area (Å²) in [5.41, 5.74) is 3.27. The Bertz CT molecular complexity index is 471. The molecule has 0 aliphatic rings. The van der Waals surface area contributed by atoms with Crippen molar-refractivity contribution in [2.45, 2.75) is 13.0 Å². The van der Waals surface area contributed by atoms with Gasteiger partial charge >= 0.3 is 0 Å². The summed E-state index contributed by atoms with van der Waals surface area (Å²) in [6.45, 7) is 2.80. The van der Waals surface area contributed by atoms with Crippen LogP contribution in [0.5, 0.6) is 0 Å². The predicted molar refractivity (Wildman–Crippen MR) is 70.2 cm³/mol. The molecule has 1 aromatic carbocycles. The van der Waals surface area contributed by atoms with Gasteiger partial charge in [-0.05, 0) is 31.2 Å². The Kier molecular flexibility index (Phi) is 4.42. The summed E-state index contributed by atoms with van der Waals surface area (Å²) in [6.07, 6.45) is 1.06. The van der Waals surface area contributed by atoms with Gasteiger partial charge in [-0.15, -0.1) is 0 Å². The van der Waals surface area contributed by atoms with Crippen LogP contribution in [-0.4, -0.2) is 41.0 Å². The van der Waals surface area contributed by atoms with Gasteiger partial charge in [0.15, 0.2) is 0 Å². The molecule has 0 aliphatic heterocycles. The van der Waals surface area contributed by atoms with Crippen molar-refractivity contribution in [1.82, 2.24) is 13.6 Å². The Labute approximate surface area is 106 Å². The quantitative estimate of drug-likeness (QED) is 0.737. The molecule has 1 heterocycles. The summed E-state index contributed by atoms with van der Waals surface area (Å²) in [7, 11) is 3.86. The smallest absolute Gasteiger partial charge is 0.105 e. The van der Waals surface area contributed by atoms with Gasteiger partial charge in [-0.2, -0.15) is 8.75 Å². The lowest BCUT2D eigenvalue weighted by atomic mass is 10.2. The van der Waals surface area contributed by atoms with E-state index in [-0.39, 0.29) is 0 Å². The van der Waals surface area contributed by atoms with Gasteiger partial charge in [-0.25, -0.2) is 0 Å². The summed E-state index contributed by atoms with van der Waals surface area (Å²) in [5, 5.41) is 0. The third-order valence-electron chi connectivity index (χ3n) is 2.66. The lowest BCUT2D eigenvalue weighted by molar-refractivity contribution is 0.178. The number of hydrogen-bond acceptors (Lipinski definition) is 5. The summed E-state index contributed by atoms with van der Waals surface area (Å²) < 4.78 is 13.5. The fraction of sp³-hybridized carbons (Fsp3) is 0.500. The molecule has 0 unspecified atom stereocenters. The van der Waals surface area contributed by atoms with Crippen molar-refractivity contribution < 1.29 is 4.74 Å². The van der Waals surface area contributed by atoms with Crippen LogP contribution in [0.3, 0.4) is 0 Å². The molecule has 0 atom stereocenters. The minimum Gasteiger partial charge on any atom is -0.385 e. The molecule has 0 saturated carbocycles. The van der Waals surface area contributed by atoms with Crippen molar-refractivity contribution >= 4 is 22.8 Å². The monoisotopic (exact) mass is 251 g/mol. The molecule has 0 aliphatic carbocycles. The minimum absolute atomic E-state index is 0.819. The van der Waals surface area contributed by atoms with Gasteiger partial charge in [0.2, 0.25) is 0 Å². The largest absolute Gasteiger partial charge is 0.385 e. The van der Waals surface area contributed by atoms with Crippen LogP contribution < -0.4 is 0 Å². The zero-order chi connectivity index (χ0) is 12.1. The minimum atomic E-state index is 0.819. The molecule has 17 heavy (non-hydrogen) atoms. The van der Waals surface area contributed by atoms with E-state index in [4.69, 9.17) is 4.74 Å². The van der Waals surface area contributed by atoms with Crippen LogP contribution >= 0.6 is 11.7 Å². The molecule has 0 bridgehead atoms. The molecular formula is C12H17N3OS. The molecule has 4 nitrogen and oxygen atoms in total. The molecule has 0 saturated heterocycles. The first-order valence-corrected chi connectivity index (χ1v) is 6.41. The van der Waals surface area contributed by atoms with E-state index in [1.165, 1.54) is 17.3 Å². The van der Waals surface area contributed by atoms with Gasteiger partial charge < -0.3 is 9.64 Å². The molecule has 0 radical (unpaired) electrons. The molecule has 2 rings (SSSR count). The van der Waals surface area contributed by atoms with Crippen LogP contribution in [-0.2, 0) is 11.3 Å². The topological polar surface area (TPSA) is 38.2 Å². The number of fused-ring (bicyclic) bond motifs is 1. The number of hydrogen-bond donors (Lipinski definition) is 0. The molecule has 0 spiro atoms. The lowest BCUT2D eigenvalue weighted by Crippen LogP contribution is -2.20. The first kappa shape index (κ1) is 12.4. The van der Waals surface area contributed by atoms with Crippen LogP contribution in [0.1, 0.15) is 12.0 Å². The molecule has 0 N–H and O–H groups in total. The third kappa shape index (κ3) is 3.46. The molecule has 1 aromatic heterocycles.